The van der Waals surface area contributed by atoms with Crippen LogP contribution in [0.25, 0.3) is 10.9 Å². The molecule has 2 rings (SSSR count). The van der Waals surface area contributed by atoms with E-state index >= 15 is 0 Å². The largest absolute Gasteiger partial charge is 0.383 e. The average Bonchev–Trinajstić information content (AvgIpc) is 2.26. The van der Waals surface area contributed by atoms with Gasteiger partial charge in [-0.2, -0.15) is 0 Å². The molecular formula is C12H11BrCl2N2. The van der Waals surface area contributed by atoms with Gasteiger partial charge in [0, 0.05) is 9.86 Å². The van der Waals surface area contributed by atoms with Gasteiger partial charge in [0.15, 0.2) is 0 Å². The van der Waals surface area contributed by atoms with E-state index in [4.69, 9.17) is 28.9 Å². The number of nitrogens with zero attached hydrogens (tertiary/aromatic N) is 1. The molecule has 5 heteroatoms. The minimum absolute atomic E-state index is 0.320. The zero-order valence-corrected chi connectivity index (χ0v) is 12.5. The molecule has 2 N–H and O–H groups in total. The molecule has 0 spiro atoms. The highest BCUT2D eigenvalue weighted by Gasteiger charge is 2.13. The SMILES string of the molecule is CC(C)c1cc2cc(Br)c(Cl)c(Cl)c2nc1N. The summed E-state index contributed by atoms with van der Waals surface area (Å²) in [6.07, 6.45) is 0. The molecule has 90 valence electrons. The summed E-state index contributed by atoms with van der Waals surface area (Å²) < 4.78 is 0.762. The van der Waals surface area contributed by atoms with Crippen molar-refractivity contribution in [1.29, 1.82) is 0 Å². The molecule has 0 aliphatic heterocycles. The number of anilines is 1. The third-order valence-electron chi connectivity index (χ3n) is 2.63. The number of rotatable bonds is 1. The molecule has 0 saturated carbocycles. The molecule has 1 aromatic carbocycles. The zero-order valence-electron chi connectivity index (χ0n) is 9.39. The van der Waals surface area contributed by atoms with E-state index in [0.29, 0.717) is 27.3 Å². The molecule has 0 atom stereocenters. The van der Waals surface area contributed by atoms with Crippen molar-refractivity contribution in [2.24, 2.45) is 0 Å². The predicted octanol–water partition coefficient (Wildman–Crippen LogP) is 5.01. The normalized spacial score (nSPS) is 11.4. The smallest absolute Gasteiger partial charge is 0.127 e. The van der Waals surface area contributed by atoms with Gasteiger partial charge in [0.05, 0.1) is 15.6 Å². The van der Waals surface area contributed by atoms with Crippen molar-refractivity contribution in [2.75, 3.05) is 5.73 Å². The fourth-order valence-corrected chi connectivity index (χ4v) is 2.67. The Bertz CT molecular complexity index is 597. The standard InChI is InChI=1S/C12H11BrCl2N2/c1-5(2)7-3-6-4-8(13)9(14)10(15)11(6)17-12(7)16/h3-5H,1-2H3,(H2,16,17). The summed E-state index contributed by atoms with van der Waals surface area (Å²) in [6.45, 7) is 4.15. The van der Waals surface area contributed by atoms with Crippen LogP contribution in [-0.2, 0) is 0 Å². The number of nitrogens with two attached hydrogens (primary N) is 1. The Morgan fingerprint density at radius 2 is 1.88 bits per heavy atom. The number of nitrogen functional groups attached to an aromatic ring is 1. The van der Waals surface area contributed by atoms with Crippen LogP contribution in [0.4, 0.5) is 5.82 Å². The van der Waals surface area contributed by atoms with Crippen LogP contribution in [-0.4, -0.2) is 4.98 Å². The number of hydrogen-bond acceptors (Lipinski definition) is 2. The second kappa shape index (κ2) is 4.63. The van der Waals surface area contributed by atoms with Crippen molar-refractivity contribution >= 4 is 55.9 Å². The maximum absolute atomic E-state index is 6.16. The number of pyridine rings is 1. The number of aromatic nitrogens is 1. The van der Waals surface area contributed by atoms with Gasteiger partial charge < -0.3 is 5.73 Å². The summed E-state index contributed by atoms with van der Waals surface area (Å²) in [7, 11) is 0. The highest BCUT2D eigenvalue weighted by atomic mass is 79.9. The van der Waals surface area contributed by atoms with Gasteiger partial charge in [0.1, 0.15) is 5.82 Å². The van der Waals surface area contributed by atoms with E-state index in [1.807, 2.05) is 12.1 Å². The van der Waals surface area contributed by atoms with Crippen LogP contribution in [0, 0.1) is 0 Å². The minimum Gasteiger partial charge on any atom is -0.383 e. The zero-order chi connectivity index (χ0) is 12.7. The quantitative estimate of drug-likeness (QED) is 0.745. The topological polar surface area (TPSA) is 38.9 Å². The van der Waals surface area contributed by atoms with Gasteiger partial charge in [-0.1, -0.05) is 37.0 Å². The molecule has 17 heavy (non-hydrogen) atoms. The van der Waals surface area contributed by atoms with Crippen LogP contribution in [0.1, 0.15) is 25.3 Å². The van der Waals surface area contributed by atoms with Gasteiger partial charge in [0.25, 0.3) is 0 Å². The summed E-state index contributed by atoms with van der Waals surface area (Å²) in [5, 5.41) is 1.82. The van der Waals surface area contributed by atoms with E-state index in [1.165, 1.54) is 0 Å². The Balaban J connectivity index is 2.84. The Labute approximate surface area is 118 Å². The maximum atomic E-state index is 6.16. The first-order valence-corrected chi connectivity index (χ1v) is 6.70. The molecule has 2 nitrogen and oxygen atoms in total. The lowest BCUT2D eigenvalue weighted by molar-refractivity contribution is 0.866. The molecule has 0 amide bonds. The first-order valence-electron chi connectivity index (χ1n) is 5.15. The molecule has 0 fully saturated rings. The lowest BCUT2D eigenvalue weighted by Crippen LogP contribution is -2.00. The fraction of sp³-hybridized carbons (Fsp3) is 0.250. The van der Waals surface area contributed by atoms with Gasteiger partial charge in [-0.05, 0) is 39.5 Å². The maximum Gasteiger partial charge on any atom is 0.127 e. The van der Waals surface area contributed by atoms with E-state index in [9.17, 15) is 0 Å². The molecular weight excluding hydrogens is 323 g/mol. The average molecular weight is 334 g/mol. The Morgan fingerprint density at radius 1 is 1.24 bits per heavy atom. The first kappa shape index (κ1) is 12.9. The minimum atomic E-state index is 0.320. The van der Waals surface area contributed by atoms with Gasteiger partial charge in [-0.25, -0.2) is 4.98 Å². The predicted molar refractivity (Wildman–Crippen MR) is 78.0 cm³/mol. The third kappa shape index (κ3) is 2.24. The van der Waals surface area contributed by atoms with Crippen molar-refractivity contribution in [1.82, 2.24) is 4.98 Å². The summed E-state index contributed by atoms with van der Waals surface area (Å²) in [4.78, 5) is 4.34. The summed E-state index contributed by atoms with van der Waals surface area (Å²) in [5.41, 5.74) is 7.58. The van der Waals surface area contributed by atoms with Gasteiger partial charge in [-0.3, -0.25) is 0 Å². The molecule has 1 aromatic heterocycles. The van der Waals surface area contributed by atoms with Crippen LogP contribution < -0.4 is 5.73 Å². The number of fused-ring (bicyclic) bond motifs is 1. The second-order valence-electron chi connectivity index (χ2n) is 4.18. The molecule has 0 bridgehead atoms. The van der Waals surface area contributed by atoms with Crippen LogP contribution >= 0.6 is 39.1 Å². The number of hydrogen-bond donors (Lipinski definition) is 1. The Kier molecular flexibility index (Phi) is 3.53. The Hall–Kier alpha value is -0.510. The monoisotopic (exact) mass is 332 g/mol. The summed E-state index contributed by atoms with van der Waals surface area (Å²) >= 11 is 15.6. The Morgan fingerprint density at radius 3 is 2.47 bits per heavy atom. The third-order valence-corrected chi connectivity index (χ3v) is 4.34. The van der Waals surface area contributed by atoms with Crippen LogP contribution in [0.2, 0.25) is 10.0 Å². The van der Waals surface area contributed by atoms with Crippen molar-refractivity contribution in [3.8, 4) is 0 Å². The van der Waals surface area contributed by atoms with Gasteiger partial charge in [0.2, 0.25) is 0 Å². The molecule has 0 radical (unpaired) electrons. The molecule has 0 aliphatic rings. The fourth-order valence-electron chi connectivity index (χ4n) is 1.72. The lowest BCUT2D eigenvalue weighted by atomic mass is 10.0. The van der Waals surface area contributed by atoms with E-state index in [2.05, 4.69) is 34.8 Å². The van der Waals surface area contributed by atoms with Gasteiger partial charge >= 0.3 is 0 Å². The van der Waals surface area contributed by atoms with Crippen molar-refractivity contribution in [3.05, 3.63) is 32.2 Å². The van der Waals surface area contributed by atoms with E-state index in [1.54, 1.807) is 0 Å². The first-order chi connectivity index (χ1) is 7.91. The number of halogens is 3. The highest BCUT2D eigenvalue weighted by Crippen LogP contribution is 2.37. The van der Waals surface area contributed by atoms with E-state index < -0.39 is 0 Å². The van der Waals surface area contributed by atoms with Gasteiger partial charge in [-0.15, -0.1) is 0 Å². The number of benzene rings is 1. The van der Waals surface area contributed by atoms with Crippen LogP contribution in [0.3, 0.4) is 0 Å². The summed E-state index contributed by atoms with van der Waals surface area (Å²) in [5.74, 6) is 0.827. The molecule has 0 saturated heterocycles. The van der Waals surface area contributed by atoms with Crippen molar-refractivity contribution in [2.45, 2.75) is 19.8 Å². The van der Waals surface area contributed by atoms with E-state index in [0.717, 1.165) is 15.4 Å². The lowest BCUT2D eigenvalue weighted by Gasteiger charge is -2.12. The summed E-state index contributed by atoms with van der Waals surface area (Å²) in [6, 6.07) is 3.91. The molecule has 0 unspecified atom stereocenters. The molecule has 2 aromatic rings. The second-order valence-corrected chi connectivity index (χ2v) is 5.79. The molecule has 1 heterocycles. The van der Waals surface area contributed by atoms with Crippen LogP contribution in [0.5, 0.6) is 0 Å². The van der Waals surface area contributed by atoms with E-state index in [-0.39, 0.29) is 0 Å². The van der Waals surface area contributed by atoms with Crippen LogP contribution in [0.15, 0.2) is 16.6 Å². The highest BCUT2D eigenvalue weighted by molar-refractivity contribution is 9.10. The van der Waals surface area contributed by atoms with Crippen molar-refractivity contribution in [3.63, 3.8) is 0 Å². The van der Waals surface area contributed by atoms with Crippen molar-refractivity contribution < 1.29 is 0 Å². The molecule has 0 aliphatic carbocycles.